The largest absolute Gasteiger partial charge is 0.374 e. The highest BCUT2D eigenvalue weighted by Gasteiger charge is 2.43. The highest BCUT2D eigenvalue weighted by atomic mass is 15.2. The van der Waals surface area contributed by atoms with Crippen LogP contribution in [0.4, 0.5) is 0 Å². The molecule has 2 aromatic rings. The van der Waals surface area contributed by atoms with Crippen molar-refractivity contribution < 1.29 is 0 Å². The third-order valence-electron chi connectivity index (χ3n) is 8.08. The topological polar surface area (TPSA) is 32.5 Å². The molecular weight excluding hydrogens is 438 g/mol. The Hall–Kier alpha value is -2.36. The van der Waals surface area contributed by atoms with Crippen molar-refractivity contribution in [2.75, 3.05) is 26.2 Å². The first-order chi connectivity index (χ1) is 17.3. The van der Waals surface area contributed by atoms with Crippen LogP contribution in [-0.2, 0) is 6.54 Å². The summed E-state index contributed by atoms with van der Waals surface area (Å²) >= 11 is 0. The van der Waals surface area contributed by atoms with Gasteiger partial charge in [0, 0.05) is 56.3 Å². The van der Waals surface area contributed by atoms with Gasteiger partial charge in [-0.1, -0.05) is 87.9 Å². The molecule has 1 aliphatic rings. The van der Waals surface area contributed by atoms with Crippen molar-refractivity contribution >= 4 is 0 Å². The maximum Gasteiger partial charge on any atom is 0.0423 e. The molecule has 3 unspecified atom stereocenters. The standard InChI is InChI=1S/C33H49N3/c1-8-10-18-35(19-11-9-2)27(7)22-36-23-31(30-15-12-25(5)26(6)20-30)32(24(3)4)33(36)29-16-13-28(21-34)14-17-29/h12-17,20,31-33H,3,7-11,18-19,21-23,34H2,1-2,4-6H3. The molecule has 0 bridgehead atoms. The van der Waals surface area contributed by atoms with Crippen molar-refractivity contribution in [1.82, 2.24) is 9.80 Å². The van der Waals surface area contributed by atoms with Crippen molar-refractivity contribution in [3.63, 3.8) is 0 Å². The summed E-state index contributed by atoms with van der Waals surface area (Å²) in [5.74, 6) is 0.761. The average molecular weight is 488 g/mol. The highest BCUT2D eigenvalue weighted by molar-refractivity contribution is 5.37. The van der Waals surface area contributed by atoms with E-state index < -0.39 is 0 Å². The maximum atomic E-state index is 5.92. The van der Waals surface area contributed by atoms with E-state index in [9.17, 15) is 0 Å². The monoisotopic (exact) mass is 487 g/mol. The summed E-state index contributed by atoms with van der Waals surface area (Å²) in [6.07, 6.45) is 4.85. The van der Waals surface area contributed by atoms with Crippen LogP contribution in [0.1, 0.15) is 86.2 Å². The Morgan fingerprint density at radius 3 is 2.08 bits per heavy atom. The molecule has 2 aromatic carbocycles. The van der Waals surface area contributed by atoms with Crippen LogP contribution in [0.15, 0.2) is 66.9 Å². The zero-order chi connectivity index (χ0) is 26.2. The van der Waals surface area contributed by atoms with Crippen LogP contribution in [0.2, 0.25) is 0 Å². The number of likely N-dealkylation sites (tertiary alicyclic amines) is 1. The second-order valence-corrected chi connectivity index (χ2v) is 10.9. The van der Waals surface area contributed by atoms with Gasteiger partial charge in [0.15, 0.2) is 0 Å². The number of aryl methyl sites for hydroxylation is 2. The molecule has 0 amide bonds. The van der Waals surface area contributed by atoms with E-state index >= 15 is 0 Å². The molecule has 1 saturated heterocycles. The second-order valence-electron chi connectivity index (χ2n) is 10.9. The van der Waals surface area contributed by atoms with Gasteiger partial charge in [0.05, 0.1) is 0 Å². The fourth-order valence-electron chi connectivity index (χ4n) is 5.74. The zero-order valence-electron chi connectivity index (χ0n) is 23.5. The van der Waals surface area contributed by atoms with Gasteiger partial charge in [-0.05, 0) is 61.4 Å². The molecule has 1 fully saturated rings. The first-order valence-electron chi connectivity index (χ1n) is 14.0. The average Bonchev–Trinajstić information content (AvgIpc) is 3.25. The Labute approximate surface area is 221 Å². The Bertz CT molecular complexity index is 998. The minimum absolute atomic E-state index is 0.275. The van der Waals surface area contributed by atoms with Crippen LogP contribution in [0.5, 0.6) is 0 Å². The van der Waals surface area contributed by atoms with E-state index in [0.717, 1.165) is 26.2 Å². The van der Waals surface area contributed by atoms with Gasteiger partial charge in [0.1, 0.15) is 0 Å². The number of hydrogen-bond donors (Lipinski definition) is 1. The Balaban J connectivity index is 1.98. The third kappa shape index (κ3) is 6.69. The zero-order valence-corrected chi connectivity index (χ0v) is 23.5. The van der Waals surface area contributed by atoms with E-state index in [0.29, 0.717) is 18.4 Å². The lowest BCUT2D eigenvalue weighted by atomic mass is 9.78. The van der Waals surface area contributed by atoms with Crippen LogP contribution >= 0.6 is 0 Å². The fourth-order valence-corrected chi connectivity index (χ4v) is 5.74. The number of nitrogens with two attached hydrogens (primary N) is 1. The van der Waals surface area contributed by atoms with Crippen LogP contribution in [-0.4, -0.2) is 36.0 Å². The number of nitrogens with zero attached hydrogens (tertiary/aromatic N) is 2. The third-order valence-corrected chi connectivity index (χ3v) is 8.08. The Morgan fingerprint density at radius 1 is 0.944 bits per heavy atom. The van der Waals surface area contributed by atoms with Crippen LogP contribution in [0.25, 0.3) is 0 Å². The molecule has 196 valence electrons. The summed E-state index contributed by atoms with van der Waals surface area (Å²) in [6.45, 7) is 25.0. The first-order valence-corrected chi connectivity index (χ1v) is 14.0. The fraction of sp³-hybridized carbons (Fsp3) is 0.515. The molecule has 0 radical (unpaired) electrons. The quantitative estimate of drug-likeness (QED) is 0.297. The normalized spacial score (nSPS) is 20.0. The highest BCUT2D eigenvalue weighted by Crippen LogP contribution is 2.49. The summed E-state index contributed by atoms with van der Waals surface area (Å²) in [4.78, 5) is 5.21. The molecule has 2 N–H and O–H groups in total. The molecule has 36 heavy (non-hydrogen) atoms. The molecule has 0 spiro atoms. The molecule has 3 heteroatoms. The SMILES string of the molecule is C=C(C)C1C(c2ccc(C)c(C)c2)CN(CC(=C)N(CCCC)CCCC)C1c1ccc(CN)cc1. The summed E-state index contributed by atoms with van der Waals surface area (Å²) < 4.78 is 0. The molecule has 0 aromatic heterocycles. The second kappa shape index (κ2) is 13.3. The number of unbranched alkanes of at least 4 members (excludes halogenated alkanes) is 2. The van der Waals surface area contributed by atoms with Gasteiger partial charge in [0.25, 0.3) is 0 Å². The number of rotatable bonds is 13. The van der Waals surface area contributed by atoms with E-state index in [1.807, 2.05) is 0 Å². The Kier molecular flexibility index (Phi) is 10.4. The lowest BCUT2D eigenvalue weighted by molar-refractivity contribution is 0.222. The number of hydrogen-bond acceptors (Lipinski definition) is 3. The van der Waals surface area contributed by atoms with E-state index in [1.165, 1.54) is 64.8 Å². The van der Waals surface area contributed by atoms with Crippen molar-refractivity contribution in [3.05, 3.63) is 94.7 Å². The van der Waals surface area contributed by atoms with E-state index in [2.05, 4.69) is 100 Å². The van der Waals surface area contributed by atoms with Crippen molar-refractivity contribution in [2.24, 2.45) is 11.7 Å². The lowest BCUT2D eigenvalue weighted by Gasteiger charge is -2.34. The van der Waals surface area contributed by atoms with Crippen molar-refractivity contribution in [3.8, 4) is 0 Å². The summed E-state index contributed by atoms with van der Waals surface area (Å²) in [5, 5.41) is 0. The molecule has 3 rings (SSSR count). The first kappa shape index (κ1) is 28.2. The Morgan fingerprint density at radius 2 is 1.56 bits per heavy atom. The van der Waals surface area contributed by atoms with Crippen LogP contribution in [0, 0.1) is 19.8 Å². The van der Waals surface area contributed by atoms with Gasteiger partial charge in [-0.25, -0.2) is 0 Å². The van der Waals surface area contributed by atoms with E-state index in [4.69, 9.17) is 5.73 Å². The van der Waals surface area contributed by atoms with E-state index in [-0.39, 0.29) is 6.04 Å². The van der Waals surface area contributed by atoms with Gasteiger partial charge < -0.3 is 10.6 Å². The number of benzene rings is 2. The molecule has 3 nitrogen and oxygen atoms in total. The van der Waals surface area contributed by atoms with Gasteiger partial charge in [-0.2, -0.15) is 0 Å². The van der Waals surface area contributed by atoms with E-state index in [1.54, 1.807) is 0 Å². The van der Waals surface area contributed by atoms with Gasteiger partial charge in [-0.3, -0.25) is 4.90 Å². The van der Waals surface area contributed by atoms with Gasteiger partial charge in [-0.15, -0.1) is 0 Å². The molecule has 3 atom stereocenters. The lowest BCUT2D eigenvalue weighted by Crippen LogP contribution is -2.34. The van der Waals surface area contributed by atoms with Crippen molar-refractivity contribution in [1.29, 1.82) is 0 Å². The molecule has 1 aliphatic heterocycles. The maximum absolute atomic E-state index is 5.92. The molecule has 0 aliphatic carbocycles. The summed E-state index contributed by atoms with van der Waals surface area (Å²) in [5.41, 5.74) is 15.1. The summed E-state index contributed by atoms with van der Waals surface area (Å²) in [7, 11) is 0. The van der Waals surface area contributed by atoms with Crippen LogP contribution in [0.3, 0.4) is 0 Å². The minimum atomic E-state index is 0.275. The minimum Gasteiger partial charge on any atom is -0.374 e. The smallest absolute Gasteiger partial charge is 0.0423 e. The van der Waals surface area contributed by atoms with Gasteiger partial charge in [0.2, 0.25) is 0 Å². The molecule has 0 saturated carbocycles. The van der Waals surface area contributed by atoms with Gasteiger partial charge >= 0.3 is 0 Å². The molecule has 1 heterocycles. The summed E-state index contributed by atoms with van der Waals surface area (Å²) in [6, 6.07) is 16.2. The van der Waals surface area contributed by atoms with Crippen LogP contribution < -0.4 is 5.73 Å². The molecular formula is C33H49N3. The predicted molar refractivity (Wildman–Crippen MR) is 156 cm³/mol. The van der Waals surface area contributed by atoms with Crippen molar-refractivity contribution in [2.45, 2.75) is 78.8 Å². The predicted octanol–water partition coefficient (Wildman–Crippen LogP) is 7.51.